The second-order valence-corrected chi connectivity index (χ2v) is 11.1. The lowest BCUT2D eigenvalue weighted by Crippen LogP contribution is -2.42. The molecule has 0 amide bonds. The lowest BCUT2D eigenvalue weighted by Gasteiger charge is -2.34. The summed E-state index contributed by atoms with van der Waals surface area (Å²) in [5.41, 5.74) is -0.641. The molecule has 0 aromatic heterocycles. The van der Waals surface area contributed by atoms with Crippen molar-refractivity contribution in [1.29, 1.82) is 0 Å². The van der Waals surface area contributed by atoms with E-state index >= 15 is 0 Å². The highest BCUT2D eigenvalue weighted by atomic mass is 16.5. The highest BCUT2D eigenvalue weighted by Gasteiger charge is 2.27. The van der Waals surface area contributed by atoms with E-state index in [2.05, 4.69) is 53.4 Å². The van der Waals surface area contributed by atoms with Crippen molar-refractivity contribution in [3.8, 4) is 0 Å². The van der Waals surface area contributed by atoms with Gasteiger partial charge in [0.05, 0.1) is 23.5 Å². The van der Waals surface area contributed by atoms with Crippen LogP contribution in [0.1, 0.15) is 130 Å². The lowest BCUT2D eigenvalue weighted by atomic mass is 9.91. The number of unbranched alkanes of at least 4 members (excludes halogenated alkanes) is 1. The maximum absolute atomic E-state index is 11.3. The van der Waals surface area contributed by atoms with Gasteiger partial charge in [-0.3, -0.25) is 14.5 Å². The average molecular weight is 474 g/mol. The van der Waals surface area contributed by atoms with Gasteiger partial charge in [0.2, 0.25) is 0 Å². The average Bonchev–Trinajstić information content (AvgIpc) is 2.67. The van der Waals surface area contributed by atoms with E-state index in [0.29, 0.717) is 24.7 Å². The molecule has 0 saturated heterocycles. The number of hydrogen-bond acceptors (Lipinski definition) is 5. The van der Waals surface area contributed by atoms with Gasteiger partial charge in [0.1, 0.15) is 0 Å². The molecule has 0 aromatic carbocycles. The fourth-order valence-electron chi connectivity index (χ4n) is 2.96. The molecule has 0 fully saturated rings. The van der Waals surface area contributed by atoms with E-state index in [1.165, 1.54) is 0 Å². The second kappa shape index (κ2) is 18.3. The van der Waals surface area contributed by atoms with Crippen molar-refractivity contribution >= 4 is 11.9 Å². The third-order valence-corrected chi connectivity index (χ3v) is 5.74. The van der Waals surface area contributed by atoms with Crippen LogP contribution >= 0.6 is 0 Å². The number of rotatable bonds is 11. The summed E-state index contributed by atoms with van der Waals surface area (Å²) in [6.07, 6.45) is 3.68. The number of carbonyl (C=O) groups excluding carboxylic acids is 2. The van der Waals surface area contributed by atoms with E-state index in [0.717, 1.165) is 25.7 Å². The second-order valence-electron chi connectivity index (χ2n) is 11.1. The Balaban J connectivity index is -0.000000411. The third-order valence-electron chi connectivity index (χ3n) is 5.74. The fourth-order valence-corrected chi connectivity index (χ4v) is 2.96. The Morgan fingerprint density at radius 3 is 1.30 bits per heavy atom. The predicted molar refractivity (Wildman–Crippen MR) is 142 cm³/mol. The fraction of sp³-hybridized carbons (Fsp3) is 0.929. The Bertz CT molecular complexity index is 489. The summed E-state index contributed by atoms with van der Waals surface area (Å²) in [6.45, 7) is 31.5. The quantitative estimate of drug-likeness (QED) is 0.228. The summed E-state index contributed by atoms with van der Waals surface area (Å²) in [5.74, 6) is -0.173. The lowest BCUT2D eigenvalue weighted by molar-refractivity contribution is -0.158. The van der Waals surface area contributed by atoms with Gasteiger partial charge in [-0.05, 0) is 102 Å². The molecule has 0 bridgehead atoms. The minimum absolute atomic E-state index is 0.00618. The molecule has 200 valence electrons. The first-order valence-electron chi connectivity index (χ1n) is 13.1. The molecule has 0 aliphatic heterocycles. The van der Waals surface area contributed by atoms with E-state index in [-0.39, 0.29) is 28.9 Å². The molecule has 0 radical (unpaired) electrons. The highest BCUT2D eigenvalue weighted by Crippen LogP contribution is 2.22. The van der Waals surface area contributed by atoms with Crippen LogP contribution < -0.4 is 0 Å². The van der Waals surface area contributed by atoms with Crippen LogP contribution in [0.5, 0.6) is 0 Å². The summed E-state index contributed by atoms with van der Waals surface area (Å²) < 4.78 is 10.2. The van der Waals surface area contributed by atoms with E-state index < -0.39 is 0 Å². The molecular weight excluding hydrogens is 414 g/mol. The summed E-state index contributed by atoms with van der Waals surface area (Å²) in [7, 11) is 0. The molecule has 0 saturated carbocycles. The normalized spacial score (nSPS) is 11.9. The standard InChI is InChI=1S/C10H20O2.C9H21N.C9H18O2/c1-5-7-8-12-9(11)10(3,4)6-2;1-7(2)10(8(3)4)9(5)6;1-6-9(4,5)8(10)11-7(2)3/h5-8H2,1-4H3;7-9H,1-6H3;7H,6H2,1-5H3. The van der Waals surface area contributed by atoms with Crippen LogP contribution in [0.2, 0.25) is 0 Å². The molecule has 0 aliphatic rings. The topological polar surface area (TPSA) is 55.8 Å². The Hall–Kier alpha value is -1.10. The predicted octanol–water partition coefficient (Wildman–Crippen LogP) is 7.65. The van der Waals surface area contributed by atoms with Crippen molar-refractivity contribution < 1.29 is 19.1 Å². The zero-order valence-corrected chi connectivity index (χ0v) is 24.9. The molecule has 0 heterocycles. The van der Waals surface area contributed by atoms with E-state index in [1.807, 2.05) is 55.4 Å². The Morgan fingerprint density at radius 2 is 1.06 bits per heavy atom. The Morgan fingerprint density at radius 1 is 0.697 bits per heavy atom. The van der Waals surface area contributed by atoms with Crippen molar-refractivity contribution in [3.05, 3.63) is 0 Å². The third kappa shape index (κ3) is 18.0. The highest BCUT2D eigenvalue weighted by molar-refractivity contribution is 5.76. The Labute approximate surface area is 207 Å². The van der Waals surface area contributed by atoms with Gasteiger partial charge in [-0.2, -0.15) is 0 Å². The Kier molecular flexibility index (Phi) is 20.2. The van der Waals surface area contributed by atoms with Crippen LogP contribution in [0.15, 0.2) is 0 Å². The zero-order chi connectivity index (χ0) is 27.0. The first kappa shape index (κ1) is 36.5. The van der Waals surface area contributed by atoms with Crippen LogP contribution in [-0.4, -0.2) is 47.7 Å². The van der Waals surface area contributed by atoms with Gasteiger partial charge < -0.3 is 9.47 Å². The largest absolute Gasteiger partial charge is 0.465 e. The van der Waals surface area contributed by atoms with Crippen LogP contribution in [0.4, 0.5) is 0 Å². The van der Waals surface area contributed by atoms with Gasteiger partial charge in [-0.1, -0.05) is 27.2 Å². The zero-order valence-electron chi connectivity index (χ0n) is 24.9. The van der Waals surface area contributed by atoms with Crippen molar-refractivity contribution in [2.75, 3.05) is 6.61 Å². The van der Waals surface area contributed by atoms with Gasteiger partial charge >= 0.3 is 11.9 Å². The van der Waals surface area contributed by atoms with Crippen molar-refractivity contribution in [3.63, 3.8) is 0 Å². The maximum atomic E-state index is 11.3. The molecule has 0 aliphatic carbocycles. The summed E-state index contributed by atoms with van der Waals surface area (Å²) >= 11 is 0. The van der Waals surface area contributed by atoms with Crippen LogP contribution in [0.3, 0.4) is 0 Å². The van der Waals surface area contributed by atoms with Crippen molar-refractivity contribution in [2.24, 2.45) is 10.8 Å². The van der Waals surface area contributed by atoms with Crippen molar-refractivity contribution in [2.45, 2.75) is 154 Å². The monoisotopic (exact) mass is 473 g/mol. The molecule has 5 heteroatoms. The summed E-state index contributed by atoms with van der Waals surface area (Å²) in [5, 5.41) is 0. The van der Waals surface area contributed by atoms with E-state index in [1.54, 1.807) is 0 Å². The molecule has 0 N–H and O–H groups in total. The number of carbonyl (C=O) groups is 2. The van der Waals surface area contributed by atoms with Gasteiger partial charge in [-0.15, -0.1) is 0 Å². The van der Waals surface area contributed by atoms with E-state index in [4.69, 9.17) is 9.47 Å². The number of hydrogen-bond donors (Lipinski definition) is 0. The van der Waals surface area contributed by atoms with Crippen LogP contribution in [0, 0.1) is 10.8 Å². The van der Waals surface area contributed by atoms with Gasteiger partial charge in [0.15, 0.2) is 0 Å². The van der Waals surface area contributed by atoms with Crippen LogP contribution in [0.25, 0.3) is 0 Å². The maximum Gasteiger partial charge on any atom is 0.311 e. The molecule has 0 aromatic rings. The molecule has 0 atom stereocenters. The molecule has 0 rings (SSSR count). The number of esters is 2. The first-order chi connectivity index (χ1) is 14.9. The summed E-state index contributed by atoms with van der Waals surface area (Å²) in [6, 6.07) is 2.00. The number of nitrogens with zero attached hydrogens (tertiary/aromatic N) is 1. The van der Waals surface area contributed by atoms with Gasteiger partial charge in [0.25, 0.3) is 0 Å². The minimum Gasteiger partial charge on any atom is -0.465 e. The smallest absolute Gasteiger partial charge is 0.311 e. The molecule has 33 heavy (non-hydrogen) atoms. The minimum atomic E-state index is -0.329. The van der Waals surface area contributed by atoms with Gasteiger partial charge in [0, 0.05) is 18.1 Å². The molecule has 0 spiro atoms. The molecule has 0 unspecified atom stereocenters. The van der Waals surface area contributed by atoms with Gasteiger partial charge in [-0.25, -0.2) is 0 Å². The van der Waals surface area contributed by atoms with Crippen molar-refractivity contribution in [1.82, 2.24) is 4.90 Å². The summed E-state index contributed by atoms with van der Waals surface area (Å²) in [4.78, 5) is 25.1. The molecular formula is C28H59NO4. The SMILES string of the molecule is CC(C)N(C(C)C)C(C)C.CCC(C)(C)C(=O)OC(C)C.CCCCOC(=O)C(C)(C)CC. The first-order valence-corrected chi connectivity index (χ1v) is 13.1. The number of ether oxygens (including phenoxy) is 2. The van der Waals surface area contributed by atoms with Crippen LogP contribution in [-0.2, 0) is 19.1 Å². The molecule has 5 nitrogen and oxygen atoms in total. The van der Waals surface area contributed by atoms with E-state index in [9.17, 15) is 9.59 Å².